The number of hydrogen-bond acceptors (Lipinski definition) is 4. The van der Waals surface area contributed by atoms with Gasteiger partial charge in [-0.2, -0.15) is 18.3 Å². The van der Waals surface area contributed by atoms with E-state index in [9.17, 15) is 18.0 Å². The van der Waals surface area contributed by atoms with E-state index in [1.807, 2.05) is 6.92 Å². The van der Waals surface area contributed by atoms with Crippen molar-refractivity contribution in [2.45, 2.75) is 19.3 Å². The van der Waals surface area contributed by atoms with Gasteiger partial charge in [-0.15, -0.1) is 0 Å². The molecule has 3 rings (SSSR count). The molecule has 1 heterocycles. The summed E-state index contributed by atoms with van der Waals surface area (Å²) < 4.78 is 42.0. The number of alkyl halides is 3. The van der Waals surface area contributed by atoms with E-state index >= 15 is 0 Å². The first-order valence-electron chi connectivity index (χ1n) is 8.95. The standard InChI is InChI=1S/C20H19ClF3N5O/c1-12(25-2)27-14-4-3-5-15(10-14)28-19(30)17-11-26-29(18(17)20(22,23)24)16-8-6-13(21)7-9-16/h3-12,25,27H,1-2H3,(H,28,30). The number of nitrogens with zero attached hydrogens (tertiary/aromatic N) is 2. The minimum atomic E-state index is -4.80. The van der Waals surface area contributed by atoms with E-state index in [-0.39, 0.29) is 11.9 Å². The topological polar surface area (TPSA) is 71.0 Å². The molecule has 0 spiro atoms. The number of amides is 1. The number of rotatable bonds is 6. The van der Waals surface area contributed by atoms with Gasteiger partial charge in [0.15, 0.2) is 5.69 Å². The first kappa shape index (κ1) is 21.7. The summed E-state index contributed by atoms with van der Waals surface area (Å²) in [6, 6.07) is 12.4. The van der Waals surface area contributed by atoms with E-state index in [1.165, 1.54) is 24.3 Å². The van der Waals surface area contributed by atoms with Gasteiger partial charge in [0.05, 0.1) is 23.6 Å². The Morgan fingerprint density at radius 2 is 1.80 bits per heavy atom. The Bertz CT molecular complexity index is 1030. The van der Waals surface area contributed by atoms with Gasteiger partial charge in [-0.05, 0) is 56.4 Å². The SMILES string of the molecule is CNC(C)Nc1cccc(NC(=O)c2cnn(-c3ccc(Cl)cc3)c2C(F)(F)F)c1. The van der Waals surface area contributed by atoms with Crippen molar-refractivity contribution in [3.05, 3.63) is 71.0 Å². The first-order chi connectivity index (χ1) is 14.2. The zero-order valence-electron chi connectivity index (χ0n) is 16.1. The smallest absolute Gasteiger partial charge is 0.370 e. The summed E-state index contributed by atoms with van der Waals surface area (Å²) in [5, 5.41) is 12.8. The second kappa shape index (κ2) is 8.76. The number of hydrogen-bond donors (Lipinski definition) is 3. The second-order valence-corrected chi connectivity index (χ2v) is 6.92. The van der Waals surface area contributed by atoms with Gasteiger partial charge in [0, 0.05) is 16.4 Å². The maximum absolute atomic E-state index is 13.8. The lowest BCUT2D eigenvalue weighted by atomic mass is 10.2. The number of halogens is 4. The van der Waals surface area contributed by atoms with Gasteiger partial charge in [-0.3, -0.25) is 4.79 Å². The second-order valence-electron chi connectivity index (χ2n) is 6.48. The van der Waals surface area contributed by atoms with Crippen molar-refractivity contribution in [3.8, 4) is 5.69 Å². The Kier molecular flexibility index (Phi) is 6.33. The van der Waals surface area contributed by atoms with E-state index in [0.717, 1.165) is 6.20 Å². The quantitative estimate of drug-likeness (QED) is 0.486. The molecule has 3 aromatic rings. The summed E-state index contributed by atoms with van der Waals surface area (Å²) in [6.45, 7) is 1.89. The van der Waals surface area contributed by atoms with Crippen molar-refractivity contribution in [2.75, 3.05) is 17.7 Å². The average Bonchev–Trinajstić information content (AvgIpc) is 3.14. The predicted molar refractivity (Wildman–Crippen MR) is 110 cm³/mol. The third-order valence-electron chi connectivity index (χ3n) is 4.29. The molecule has 1 unspecified atom stereocenters. The predicted octanol–water partition coefficient (Wildman–Crippen LogP) is 4.77. The van der Waals surface area contributed by atoms with E-state index in [2.05, 4.69) is 21.0 Å². The normalized spacial score (nSPS) is 12.5. The number of carbonyl (C=O) groups excluding carboxylic acids is 1. The fourth-order valence-electron chi connectivity index (χ4n) is 2.77. The van der Waals surface area contributed by atoms with Gasteiger partial charge in [0.25, 0.3) is 5.91 Å². The molecule has 0 saturated carbocycles. The molecule has 0 aliphatic heterocycles. The van der Waals surface area contributed by atoms with Crippen LogP contribution in [0.1, 0.15) is 23.0 Å². The Morgan fingerprint density at radius 3 is 2.43 bits per heavy atom. The number of aromatic nitrogens is 2. The van der Waals surface area contributed by atoms with Crippen molar-refractivity contribution >= 4 is 28.9 Å². The van der Waals surface area contributed by atoms with E-state index in [0.29, 0.717) is 21.1 Å². The Balaban J connectivity index is 1.91. The zero-order chi connectivity index (χ0) is 21.9. The molecule has 0 bridgehead atoms. The summed E-state index contributed by atoms with van der Waals surface area (Å²) in [5.41, 5.74) is -0.568. The summed E-state index contributed by atoms with van der Waals surface area (Å²) in [6.07, 6.45) is -3.93. The highest BCUT2D eigenvalue weighted by Crippen LogP contribution is 2.34. The van der Waals surface area contributed by atoms with Crippen LogP contribution in [0.5, 0.6) is 0 Å². The summed E-state index contributed by atoms with van der Waals surface area (Å²) in [4.78, 5) is 12.7. The molecule has 1 amide bonds. The van der Waals surface area contributed by atoms with Crippen molar-refractivity contribution in [1.29, 1.82) is 0 Å². The van der Waals surface area contributed by atoms with Gasteiger partial charge in [-0.25, -0.2) is 4.68 Å². The van der Waals surface area contributed by atoms with Crippen LogP contribution in [0, 0.1) is 0 Å². The molecular formula is C20H19ClF3N5O. The van der Waals surface area contributed by atoms with Crippen molar-refractivity contribution in [2.24, 2.45) is 0 Å². The molecule has 6 nitrogen and oxygen atoms in total. The third-order valence-corrected chi connectivity index (χ3v) is 4.54. The van der Waals surface area contributed by atoms with Crippen molar-refractivity contribution in [3.63, 3.8) is 0 Å². The molecule has 0 saturated heterocycles. The van der Waals surface area contributed by atoms with Gasteiger partial charge in [0.2, 0.25) is 0 Å². The Labute approximate surface area is 176 Å². The maximum atomic E-state index is 13.8. The summed E-state index contributed by atoms with van der Waals surface area (Å²) in [7, 11) is 1.78. The molecule has 0 aliphatic carbocycles. The van der Waals surface area contributed by atoms with Crippen LogP contribution in [-0.4, -0.2) is 28.9 Å². The molecule has 2 aromatic carbocycles. The maximum Gasteiger partial charge on any atom is 0.434 e. The van der Waals surface area contributed by atoms with Crippen LogP contribution in [0.2, 0.25) is 5.02 Å². The highest BCUT2D eigenvalue weighted by atomic mass is 35.5. The van der Waals surface area contributed by atoms with Crippen LogP contribution in [0.25, 0.3) is 5.69 Å². The fraction of sp³-hybridized carbons (Fsp3) is 0.200. The average molecular weight is 438 g/mol. The Morgan fingerprint density at radius 1 is 1.13 bits per heavy atom. The molecule has 0 radical (unpaired) electrons. The lowest BCUT2D eigenvalue weighted by Gasteiger charge is -2.15. The monoisotopic (exact) mass is 437 g/mol. The highest BCUT2D eigenvalue weighted by molar-refractivity contribution is 6.30. The van der Waals surface area contributed by atoms with Crippen LogP contribution in [0.4, 0.5) is 24.5 Å². The molecule has 3 N–H and O–H groups in total. The number of nitrogens with one attached hydrogen (secondary N) is 3. The van der Waals surface area contributed by atoms with Crippen LogP contribution in [0.15, 0.2) is 54.7 Å². The van der Waals surface area contributed by atoms with Gasteiger partial charge < -0.3 is 16.0 Å². The van der Waals surface area contributed by atoms with Gasteiger partial charge >= 0.3 is 6.18 Å². The van der Waals surface area contributed by atoms with Gasteiger partial charge in [0.1, 0.15) is 0 Å². The molecule has 10 heteroatoms. The minimum Gasteiger partial charge on any atom is -0.370 e. The largest absolute Gasteiger partial charge is 0.434 e. The lowest BCUT2D eigenvalue weighted by Crippen LogP contribution is -2.29. The molecular weight excluding hydrogens is 419 g/mol. The molecule has 158 valence electrons. The third kappa shape index (κ3) is 4.92. The van der Waals surface area contributed by atoms with Crippen LogP contribution < -0.4 is 16.0 Å². The number of benzene rings is 2. The van der Waals surface area contributed by atoms with E-state index in [1.54, 1.807) is 31.3 Å². The van der Waals surface area contributed by atoms with Crippen LogP contribution >= 0.6 is 11.6 Å². The molecule has 0 aliphatic rings. The first-order valence-corrected chi connectivity index (χ1v) is 9.33. The summed E-state index contributed by atoms with van der Waals surface area (Å²) >= 11 is 5.80. The van der Waals surface area contributed by atoms with Crippen LogP contribution in [-0.2, 0) is 6.18 Å². The summed E-state index contributed by atoms with van der Waals surface area (Å²) in [5.74, 6) is -0.915. The lowest BCUT2D eigenvalue weighted by molar-refractivity contribution is -0.143. The van der Waals surface area contributed by atoms with E-state index < -0.39 is 23.3 Å². The highest BCUT2D eigenvalue weighted by Gasteiger charge is 2.40. The molecule has 1 atom stereocenters. The minimum absolute atomic E-state index is 0.0367. The van der Waals surface area contributed by atoms with Crippen molar-refractivity contribution in [1.82, 2.24) is 15.1 Å². The van der Waals surface area contributed by atoms with Crippen molar-refractivity contribution < 1.29 is 18.0 Å². The fourth-order valence-corrected chi connectivity index (χ4v) is 2.90. The van der Waals surface area contributed by atoms with E-state index in [4.69, 9.17) is 11.6 Å². The number of carbonyl (C=O) groups is 1. The molecule has 0 fully saturated rings. The Hall–Kier alpha value is -3.04. The zero-order valence-corrected chi connectivity index (χ0v) is 16.8. The van der Waals surface area contributed by atoms with Gasteiger partial charge in [-0.1, -0.05) is 17.7 Å². The molecule has 1 aromatic heterocycles. The molecule has 30 heavy (non-hydrogen) atoms. The number of anilines is 2. The van der Waals surface area contributed by atoms with Crippen LogP contribution in [0.3, 0.4) is 0 Å².